The zero-order valence-electron chi connectivity index (χ0n) is 15.2. The van der Waals surface area contributed by atoms with Crippen molar-refractivity contribution in [3.8, 4) is 11.8 Å². The lowest BCUT2D eigenvalue weighted by Gasteiger charge is -2.40. The average molecular weight is 414 g/mol. The summed E-state index contributed by atoms with van der Waals surface area (Å²) in [7, 11) is 0. The predicted molar refractivity (Wildman–Crippen MR) is 98.0 cm³/mol. The van der Waals surface area contributed by atoms with Gasteiger partial charge in [-0.15, -0.1) is 0 Å². The van der Waals surface area contributed by atoms with Crippen LogP contribution in [0.5, 0.6) is 0 Å². The number of amides is 1. The minimum absolute atomic E-state index is 0.0137. The van der Waals surface area contributed by atoms with Gasteiger partial charge in [-0.2, -0.15) is 13.2 Å². The maximum absolute atomic E-state index is 14.1. The summed E-state index contributed by atoms with van der Waals surface area (Å²) in [5, 5.41) is 0.0927. The monoisotopic (exact) mass is 413 g/mol. The first-order valence-corrected chi connectivity index (χ1v) is 9.41. The van der Waals surface area contributed by atoms with Crippen LogP contribution in [0, 0.1) is 17.8 Å². The molecule has 28 heavy (non-hydrogen) atoms. The van der Waals surface area contributed by atoms with E-state index in [1.165, 1.54) is 19.1 Å². The quantitative estimate of drug-likeness (QED) is 0.490. The van der Waals surface area contributed by atoms with Crippen LogP contribution in [0.4, 0.5) is 23.7 Å². The van der Waals surface area contributed by atoms with Crippen LogP contribution in [0.25, 0.3) is 0 Å². The average Bonchev–Trinajstić information content (AvgIpc) is 3.41. The molecule has 1 atom stereocenters. The lowest BCUT2D eigenvalue weighted by Crippen LogP contribution is -2.53. The number of Topliss-reactive ketones (excluding diaryl/α,β-unsaturated/α-hetero) is 1. The standard InChI is InChI=1S/C20H19ClF3NO3/c1-13(26)4-2-3-11-25-17-8-7-15(21)12-16(17)19(20(22,23)24,28-18(25)27)10-9-14-5-6-14/h7-8,12,14H,2-6,11H2,1H3/t19-/m0/s1. The molecule has 0 bridgehead atoms. The normalized spacial score (nSPS) is 21.5. The largest absolute Gasteiger partial charge is 0.445 e. The maximum Gasteiger partial charge on any atom is 0.445 e. The molecule has 1 aromatic carbocycles. The number of ketones is 1. The Morgan fingerprint density at radius 1 is 1.36 bits per heavy atom. The molecule has 0 radical (unpaired) electrons. The van der Waals surface area contributed by atoms with E-state index in [2.05, 4.69) is 11.8 Å². The summed E-state index contributed by atoms with van der Waals surface area (Å²) >= 11 is 5.96. The molecule has 0 aromatic heterocycles. The fourth-order valence-corrected chi connectivity index (χ4v) is 3.20. The molecule has 1 saturated carbocycles. The topological polar surface area (TPSA) is 46.6 Å². The second kappa shape index (κ2) is 7.67. The van der Waals surface area contributed by atoms with Gasteiger partial charge >= 0.3 is 12.3 Å². The molecule has 0 unspecified atom stereocenters. The van der Waals surface area contributed by atoms with Gasteiger partial charge in [0.2, 0.25) is 0 Å². The van der Waals surface area contributed by atoms with Crippen molar-refractivity contribution in [2.24, 2.45) is 5.92 Å². The molecule has 1 fully saturated rings. The van der Waals surface area contributed by atoms with Gasteiger partial charge in [0, 0.05) is 29.5 Å². The van der Waals surface area contributed by atoms with Crippen molar-refractivity contribution in [2.75, 3.05) is 11.4 Å². The lowest BCUT2D eigenvalue weighted by atomic mass is 9.89. The van der Waals surface area contributed by atoms with Crippen LogP contribution in [0.1, 0.15) is 44.6 Å². The van der Waals surface area contributed by atoms with Crippen LogP contribution in [-0.2, 0) is 15.1 Å². The smallest absolute Gasteiger partial charge is 0.415 e. The summed E-state index contributed by atoms with van der Waals surface area (Å²) in [6, 6.07) is 3.96. The van der Waals surface area contributed by atoms with Crippen LogP contribution in [-0.4, -0.2) is 24.6 Å². The van der Waals surface area contributed by atoms with E-state index in [0.717, 1.165) is 23.8 Å². The van der Waals surface area contributed by atoms with E-state index in [1.807, 2.05) is 0 Å². The number of nitrogens with zero attached hydrogens (tertiary/aromatic N) is 1. The third-order valence-electron chi connectivity index (χ3n) is 4.68. The molecule has 1 aromatic rings. The van der Waals surface area contributed by atoms with Gasteiger partial charge in [0.05, 0.1) is 5.69 Å². The van der Waals surface area contributed by atoms with Gasteiger partial charge in [0.15, 0.2) is 0 Å². The number of hydrogen-bond donors (Lipinski definition) is 0. The number of cyclic esters (lactones) is 1. The van der Waals surface area contributed by atoms with Gasteiger partial charge < -0.3 is 9.53 Å². The highest BCUT2D eigenvalue weighted by Gasteiger charge is 2.63. The first-order valence-electron chi connectivity index (χ1n) is 9.03. The van der Waals surface area contributed by atoms with Gasteiger partial charge in [-0.1, -0.05) is 17.5 Å². The van der Waals surface area contributed by atoms with Crippen LogP contribution in [0.3, 0.4) is 0 Å². The van der Waals surface area contributed by atoms with E-state index in [4.69, 9.17) is 16.3 Å². The number of rotatable bonds is 5. The second-order valence-corrected chi connectivity index (χ2v) is 7.50. The van der Waals surface area contributed by atoms with Gasteiger partial charge in [-0.25, -0.2) is 4.79 Å². The Balaban J connectivity index is 2.00. The predicted octanol–water partition coefficient (Wildman–Crippen LogP) is 5.23. The number of carbonyl (C=O) groups excluding carboxylic acids is 2. The third-order valence-corrected chi connectivity index (χ3v) is 4.91. The molecule has 1 aliphatic heterocycles. The summed E-state index contributed by atoms with van der Waals surface area (Å²) in [6.07, 6.45) is -3.25. The summed E-state index contributed by atoms with van der Waals surface area (Å²) in [5.74, 6) is 4.70. The first-order chi connectivity index (χ1) is 13.1. The van der Waals surface area contributed by atoms with Crippen molar-refractivity contribution in [1.82, 2.24) is 0 Å². The van der Waals surface area contributed by atoms with Crippen molar-refractivity contribution in [3.05, 3.63) is 28.8 Å². The lowest BCUT2D eigenvalue weighted by molar-refractivity contribution is -0.240. The van der Waals surface area contributed by atoms with Gasteiger partial charge in [-0.3, -0.25) is 4.90 Å². The second-order valence-electron chi connectivity index (χ2n) is 7.06. The number of alkyl halides is 3. The summed E-state index contributed by atoms with van der Waals surface area (Å²) in [5.41, 5.74) is -3.25. The fraction of sp³-hybridized carbons (Fsp3) is 0.500. The number of fused-ring (bicyclic) bond motifs is 1. The minimum atomic E-state index is -4.93. The van der Waals surface area contributed by atoms with Crippen LogP contribution >= 0.6 is 11.6 Å². The Kier molecular flexibility index (Phi) is 5.62. The molecule has 1 heterocycles. The minimum Gasteiger partial charge on any atom is -0.415 e. The van der Waals surface area contributed by atoms with Crippen molar-refractivity contribution in [1.29, 1.82) is 0 Å². The number of halogens is 4. The van der Waals surface area contributed by atoms with E-state index in [0.29, 0.717) is 19.3 Å². The van der Waals surface area contributed by atoms with E-state index in [1.54, 1.807) is 0 Å². The highest BCUT2D eigenvalue weighted by Crippen LogP contribution is 2.49. The number of hydrogen-bond acceptors (Lipinski definition) is 3. The first kappa shape index (κ1) is 20.5. The number of unbranched alkanes of at least 4 members (excludes halogenated alkanes) is 1. The van der Waals surface area contributed by atoms with E-state index in [9.17, 15) is 22.8 Å². The van der Waals surface area contributed by atoms with Crippen molar-refractivity contribution < 1.29 is 27.5 Å². The molecule has 8 heteroatoms. The van der Waals surface area contributed by atoms with Gasteiger partial charge in [0.1, 0.15) is 5.78 Å². The molecule has 3 rings (SSSR count). The summed E-state index contributed by atoms with van der Waals surface area (Å²) in [4.78, 5) is 24.7. The van der Waals surface area contributed by atoms with Gasteiger partial charge in [0.25, 0.3) is 5.60 Å². The molecular formula is C20H19ClF3NO3. The Morgan fingerprint density at radius 3 is 2.68 bits per heavy atom. The Bertz CT molecular complexity index is 854. The van der Waals surface area contributed by atoms with Crippen LogP contribution < -0.4 is 4.90 Å². The van der Waals surface area contributed by atoms with Crippen LogP contribution in [0.15, 0.2) is 18.2 Å². The fourth-order valence-electron chi connectivity index (χ4n) is 3.03. The molecule has 1 amide bonds. The van der Waals surface area contributed by atoms with Crippen molar-refractivity contribution in [3.63, 3.8) is 0 Å². The molecule has 2 aliphatic rings. The van der Waals surface area contributed by atoms with Crippen molar-refractivity contribution in [2.45, 2.75) is 50.8 Å². The molecule has 150 valence electrons. The molecular weight excluding hydrogens is 395 g/mol. The number of ether oxygens (including phenoxy) is 1. The Hall–Kier alpha value is -2.20. The Labute approximate surface area is 166 Å². The van der Waals surface area contributed by atoms with E-state index < -0.39 is 17.9 Å². The highest BCUT2D eigenvalue weighted by molar-refractivity contribution is 6.30. The van der Waals surface area contributed by atoms with E-state index >= 15 is 0 Å². The molecule has 0 spiro atoms. The van der Waals surface area contributed by atoms with E-state index in [-0.39, 0.29) is 34.5 Å². The zero-order chi connectivity index (χ0) is 20.5. The number of anilines is 1. The third kappa shape index (κ3) is 4.12. The summed E-state index contributed by atoms with van der Waals surface area (Å²) < 4.78 is 47.2. The molecule has 4 nitrogen and oxygen atoms in total. The highest BCUT2D eigenvalue weighted by atomic mass is 35.5. The Morgan fingerprint density at radius 2 is 2.07 bits per heavy atom. The van der Waals surface area contributed by atoms with Gasteiger partial charge in [-0.05, 0) is 56.7 Å². The van der Waals surface area contributed by atoms with Crippen LogP contribution in [0.2, 0.25) is 5.02 Å². The number of carbonyl (C=O) groups is 2. The zero-order valence-corrected chi connectivity index (χ0v) is 16.0. The molecule has 0 N–H and O–H groups in total. The maximum atomic E-state index is 14.1. The molecule has 1 aliphatic carbocycles. The summed E-state index contributed by atoms with van der Waals surface area (Å²) in [6.45, 7) is 1.59. The number of benzene rings is 1. The van der Waals surface area contributed by atoms with Crippen molar-refractivity contribution >= 4 is 29.2 Å². The molecule has 0 saturated heterocycles. The SMILES string of the molecule is CC(=O)CCCCN1C(=O)O[C@](C#CC2CC2)(C(F)(F)F)c2cc(Cl)ccc21.